The summed E-state index contributed by atoms with van der Waals surface area (Å²) in [7, 11) is 0. The fourth-order valence-corrected chi connectivity index (χ4v) is 1.68. The lowest BCUT2D eigenvalue weighted by atomic mass is 10.2. The van der Waals surface area contributed by atoms with E-state index >= 15 is 0 Å². The second-order valence-corrected chi connectivity index (χ2v) is 3.70. The van der Waals surface area contributed by atoms with E-state index < -0.39 is 0 Å². The minimum absolute atomic E-state index is 0.583. The second-order valence-electron chi connectivity index (χ2n) is 3.70. The van der Waals surface area contributed by atoms with Crippen molar-refractivity contribution in [3.8, 4) is 0 Å². The van der Waals surface area contributed by atoms with Crippen LogP contribution in [0, 0.1) is 6.92 Å². The molecule has 1 aromatic heterocycles. The van der Waals surface area contributed by atoms with E-state index in [0.717, 1.165) is 24.7 Å². The molecule has 2 heterocycles. The number of aromatic nitrogens is 2. The van der Waals surface area contributed by atoms with E-state index in [-0.39, 0.29) is 0 Å². The third kappa shape index (κ3) is 2.42. The number of hydrogen-bond acceptors (Lipinski definition) is 4. The van der Waals surface area contributed by atoms with E-state index in [9.17, 15) is 0 Å². The van der Waals surface area contributed by atoms with Gasteiger partial charge in [-0.1, -0.05) is 0 Å². The van der Waals surface area contributed by atoms with Crippen LogP contribution in [0.1, 0.15) is 18.5 Å². The molecule has 4 heteroatoms. The molecule has 0 saturated carbocycles. The van der Waals surface area contributed by atoms with Crippen molar-refractivity contribution in [1.82, 2.24) is 15.3 Å². The predicted molar refractivity (Wildman–Crippen MR) is 56.3 cm³/mol. The predicted octanol–water partition coefficient (Wildman–Crippen LogP) is 0.949. The minimum Gasteiger partial charge on any atom is -0.353 e. The van der Waals surface area contributed by atoms with Crippen molar-refractivity contribution in [2.45, 2.75) is 25.8 Å². The van der Waals surface area contributed by atoms with Gasteiger partial charge in [0.2, 0.25) is 5.95 Å². The standard InChI is InChI=1S/C10H16N4/c1-8-4-6-12-10(14-8)13-7-9-3-2-5-11-9/h4,6,9,11H,2-3,5,7H2,1H3,(H,12,13,14). The van der Waals surface area contributed by atoms with Gasteiger partial charge in [-0.15, -0.1) is 0 Å². The molecular formula is C10H16N4. The molecule has 4 nitrogen and oxygen atoms in total. The third-order valence-electron chi connectivity index (χ3n) is 2.46. The van der Waals surface area contributed by atoms with Crippen molar-refractivity contribution in [2.75, 3.05) is 18.4 Å². The largest absolute Gasteiger partial charge is 0.353 e. The molecule has 0 radical (unpaired) electrons. The average molecular weight is 192 g/mol. The summed E-state index contributed by atoms with van der Waals surface area (Å²) in [4.78, 5) is 8.43. The molecule has 0 aromatic carbocycles. The maximum Gasteiger partial charge on any atom is 0.222 e. The SMILES string of the molecule is Cc1ccnc(NCC2CCCN2)n1. The van der Waals surface area contributed by atoms with Gasteiger partial charge in [0.25, 0.3) is 0 Å². The third-order valence-corrected chi connectivity index (χ3v) is 2.46. The summed E-state index contributed by atoms with van der Waals surface area (Å²) in [5.41, 5.74) is 1.00. The Morgan fingerprint density at radius 2 is 2.57 bits per heavy atom. The van der Waals surface area contributed by atoms with Crippen LogP contribution in [0.4, 0.5) is 5.95 Å². The Balaban J connectivity index is 1.85. The maximum atomic E-state index is 4.28. The molecule has 1 unspecified atom stereocenters. The monoisotopic (exact) mass is 192 g/mol. The van der Waals surface area contributed by atoms with Gasteiger partial charge in [-0.05, 0) is 32.4 Å². The van der Waals surface area contributed by atoms with Crippen molar-refractivity contribution in [1.29, 1.82) is 0 Å². The Hall–Kier alpha value is -1.16. The number of aryl methyl sites for hydroxylation is 1. The van der Waals surface area contributed by atoms with E-state index in [1.54, 1.807) is 6.20 Å². The summed E-state index contributed by atoms with van der Waals surface area (Å²) in [6.45, 7) is 4.03. The Kier molecular flexibility index (Phi) is 2.93. The van der Waals surface area contributed by atoms with Crippen molar-refractivity contribution in [2.24, 2.45) is 0 Å². The van der Waals surface area contributed by atoms with Crippen LogP contribution in [0.15, 0.2) is 12.3 Å². The quantitative estimate of drug-likeness (QED) is 0.748. The number of nitrogens with zero attached hydrogens (tertiary/aromatic N) is 2. The Morgan fingerprint density at radius 1 is 1.64 bits per heavy atom. The lowest BCUT2D eigenvalue weighted by molar-refractivity contribution is 0.631. The van der Waals surface area contributed by atoms with Crippen LogP contribution in [-0.2, 0) is 0 Å². The van der Waals surface area contributed by atoms with Crippen molar-refractivity contribution < 1.29 is 0 Å². The lowest BCUT2D eigenvalue weighted by Gasteiger charge is -2.11. The Bertz CT molecular complexity index is 294. The van der Waals surface area contributed by atoms with E-state index in [4.69, 9.17) is 0 Å². The molecule has 1 saturated heterocycles. The highest BCUT2D eigenvalue weighted by Crippen LogP contribution is 2.06. The van der Waals surface area contributed by atoms with Gasteiger partial charge in [-0.25, -0.2) is 9.97 Å². The molecule has 2 N–H and O–H groups in total. The highest BCUT2D eigenvalue weighted by molar-refractivity contribution is 5.24. The fourth-order valence-electron chi connectivity index (χ4n) is 1.68. The van der Waals surface area contributed by atoms with Gasteiger partial charge in [-0.2, -0.15) is 0 Å². The van der Waals surface area contributed by atoms with Crippen LogP contribution in [0.5, 0.6) is 0 Å². The number of hydrogen-bond donors (Lipinski definition) is 2. The van der Waals surface area contributed by atoms with Gasteiger partial charge in [0.05, 0.1) is 0 Å². The van der Waals surface area contributed by atoms with Crippen LogP contribution in [0.2, 0.25) is 0 Å². The number of nitrogens with one attached hydrogen (secondary N) is 2. The van der Waals surface area contributed by atoms with Gasteiger partial charge in [0.1, 0.15) is 0 Å². The van der Waals surface area contributed by atoms with Crippen LogP contribution >= 0.6 is 0 Å². The zero-order valence-corrected chi connectivity index (χ0v) is 8.45. The van der Waals surface area contributed by atoms with Crippen molar-refractivity contribution in [3.05, 3.63) is 18.0 Å². The first kappa shape index (κ1) is 9.40. The molecule has 1 aromatic rings. The maximum absolute atomic E-state index is 4.28. The van der Waals surface area contributed by atoms with Crippen LogP contribution in [-0.4, -0.2) is 29.1 Å². The molecule has 1 fully saturated rings. The zero-order chi connectivity index (χ0) is 9.80. The molecule has 2 rings (SSSR count). The fraction of sp³-hybridized carbons (Fsp3) is 0.600. The molecular weight excluding hydrogens is 176 g/mol. The molecule has 0 amide bonds. The van der Waals surface area contributed by atoms with E-state index in [0.29, 0.717) is 6.04 Å². The van der Waals surface area contributed by atoms with Crippen LogP contribution in [0.3, 0.4) is 0 Å². The van der Waals surface area contributed by atoms with Gasteiger partial charge in [-0.3, -0.25) is 0 Å². The summed E-state index contributed by atoms with van der Waals surface area (Å²) in [5.74, 6) is 0.735. The van der Waals surface area contributed by atoms with Crippen molar-refractivity contribution >= 4 is 5.95 Å². The normalized spacial score (nSPS) is 21.1. The summed E-state index contributed by atoms with van der Waals surface area (Å²) < 4.78 is 0. The number of rotatable bonds is 3. The first-order valence-corrected chi connectivity index (χ1v) is 5.11. The zero-order valence-electron chi connectivity index (χ0n) is 8.45. The Morgan fingerprint density at radius 3 is 3.29 bits per heavy atom. The lowest BCUT2D eigenvalue weighted by Crippen LogP contribution is -2.29. The molecule has 0 bridgehead atoms. The molecule has 14 heavy (non-hydrogen) atoms. The van der Waals surface area contributed by atoms with E-state index in [2.05, 4.69) is 20.6 Å². The molecule has 76 valence electrons. The first-order valence-electron chi connectivity index (χ1n) is 5.11. The summed E-state index contributed by atoms with van der Waals surface area (Å²) >= 11 is 0. The van der Waals surface area contributed by atoms with Gasteiger partial charge >= 0.3 is 0 Å². The van der Waals surface area contributed by atoms with Gasteiger partial charge < -0.3 is 10.6 Å². The van der Waals surface area contributed by atoms with Gasteiger partial charge in [0, 0.05) is 24.5 Å². The van der Waals surface area contributed by atoms with E-state index in [1.807, 2.05) is 13.0 Å². The number of anilines is 1. The minimum atomic E-state index is 0.583. The smallest absolute Gasteiger partial charge is 0.222 e. The summed E-state index contributed by atoms with van der Waals surface area (Å²) in [6, 6.07) is 2.48. The van der Waals surface area contributed by atoms with Crippen molar-refractivity contribution in [3.63, 3.8) is 0 Å². The topological polar surface area (TPSA) is 49.8 Å². The molecule has 1 aliphatic heterocycles. The highest BCUT2D eigenvalue weighted by Gasteiger charge is 2.13. The van der Waals surface area contributed by atoms with Gasteiger partial charge in [0.15, 0.2) is 0 Å². The highest BCUT2D eigenvalue weighted by atomic mass is 15.1. The van der Waals surface area contributed by atoms with E-state index in [1.165, 1.54) is 12.8 Å². The first-order chi connectivity index (χ1) is 6.84. The molecule has 0 spiro atoms. The second kappa shape index (κ2) is 4.37. The summed E-state index contributed by atoms with van der Waals surface area (Å²) in [6.07, 6.45) is 4.31. The van der Waals surface area contributed by atoms with Crippen LogP contribution < -0.4 is 10.6 Å². The van der Waals surface area contributed by atoms with Crippen LogP contribution in [0.25, 0.3) is 0 Å². The molecule has 1 atom stereocenters. The molecule has 1 aliphatic rings. The average Bonchev–Trinajstić information content (AvgIpc) is 2.67. The Labute approximate surface area is 84.2 Å². The molecule has 0 aliphatic carbocycles. The summed E-state index contributed by atoms with van der Waals surface area (Å²) in [5, 5.41) is 6.67.